The van der Waals surface area contributed by atoms with E-state index in [0.29, 0.717) is 23.4 Å². The lowest BCUT2D eigenvalue weighted by atomic mass is 9.65. The lowest BCUT2D eigenvalue weighted by molar-refractivity contribution is -0.361. The van der Waals surface area contributed by atoms with Gasteiger partial charge in [-0.05, 0) is 61.1 Å². The predicted octanol–water partition coefficient (Wildman–Crippen LogP) is 7.83. The average molecular weight is 453 g/mol. The van der Waals surface area contributed by atoms with Crippen LogP contribution >= 0.6 is 0 Å². The van der Waals surface area contributed by atoms with Gasteiger partial charge in [-0.15, -0.1) is 0 Å². The molecule has 0 aromatic heterocycles. The van der Waals surface area contributed by atoms with Crippen molar-refractivity contribution in [1.82, 2.24) is 0 Å². The van der Waals surface area contributed by atoms with Crippen molar-refractivity contribution in [3.8, 4) is 11.1 Å². The van der Waals surface area contributed by atoms with Crippen molar-refractivity contribution in [3.05, 3.63) is 64.4 Å². The Morgan fingerprint density at radius 2 is 1.38 bits per heavy atom. The highest BCUT2D eigenvalue weighted by Crippen LogP contribution is 2.51. The van der Waals surface area contributed by atoms with Gasteiger partial charge in [0.15, 0.2) is 0 Å². The van der Waals surface area contributed by atoms with Crippen molar-refractivity contribution >= 4 is 17.0 Å². The zero-order chi connectivity index (χ0) is 23.9. The zero-order valence-corrected chi connectivity index (χ0v) is 17.9. The molecule has 2 nitrogen and oxygen atoms in total. The first kappa shape index (κ1) is 22.4. The number of fused-ring (bicyclic) bond motifs is 3. The molecule has 32 heavy (non-hydrogen) atoms. The lowest BCUT2D eigenvalue weighted by Gasteiger charge is -2.36. The smallest absolute Gasteiger partial charge is 0.416 e. The highest BCUT2D eigenvalue weighted by Gasteiger charge is 2.48. The van der Waals surface area contributed by atoms with Crippen molar-refractivity contribution in [1.29, 1.82) is 0 Å². The van der Waals surface area contributed by atoms with Gasteiger partial charge in [0, 0.05) is 6.07 Å². The summed E-state index contributed by atoms with van der Waals surface area (Å²) in [5.41, 5.74) is -1.38. The molecule has 1 aliphatic carbocycles. The quantitative estimate of drug-likeness (QED) is 0.246. The molecule has 0 radical (unpaired) electrons. The molecule has 2 aromatic rings. The van der Waals surface area contributed by atoms with Crippen LogP contribution in [0.2, 0.25) is 0 Å². The zero-order valence-electron chi connectivity index (χ0n) is 17.9. The van der Waals surface area contributed by atoms with E-state index in [-0.39, 0.29) is 28.3 Å². The Bertz CT molecular complexity index is 1150. The molecule has 0 atom stereocenters. The Hall–Kier alpha value is -2.77. The summed E-state index contributed by atoms with van der Waals surface area (Å²) in [7, 11) is 0. The van der Waals surface area contributed by atoms with Crippen molar-refractivity contribution in [2.24, 2.45) is 10.8 Å². The van der Waals surface area contributed by atoms with Gasteiger partial charge in [-0.2, -0.15) is 31.1 Å². The molecule has 0 bridgehead atoms. The van der Waals surface area contributed by atoms with Gasteiger partial charge in [0.2, 0.25) is 11.4 Å². The highest BCUT2D eigenvalue weighted by atomic mass is 19.4. The Balaban J connectivity index is 1.91. The number of allylic oxidation sites excluding steroid dienone is 2. The van der Waals surface area contributed by atoms with E-state index >= 15 is 0 Å². The number of nitrogens with zero attached hydrogens (tertiary/aromatic N) is 1. The molecular weight excluding hydrogens is 432 g/mol. The summed E-state index contributed by atoms with van der Waals surface area (Å²) in [5.74, 6) is 0. The van der Waals surface area contributed by atoms with Gasteiger partial charge in [-0.3, -0.25) is 0 Å². The summed E-state index contributed by atoms with van der Waals surface area (Å²) < 4.78 is 80.3. The molecule has 0 saturated carbocycles. The maximum atomic E-state index is 13.3. The van der Waals surface area contributed by atoms with Crippen LogP contribution in [0.4, 0.5) is 32.0 Å². The number of hydrogen-bond acceptors (Lipinski definition) is 1. The average Bonchev–Trinajstić information content (AvgIpc) is 2.90. The molecule has 4 rings (SSSR count). The van der Waals surface area contributed by atoms with E-state index in [4.69, 9.17) is 0 Å². The number of rotatable bonds is 1. The van der Waals surface area contributed by atoms with Crippen molar-refractivity contribution in [3.63, 3.8) is 0 Å². The fourth-order valence-corrected chi connectivity index (χ4v) is 5.04. The normalized spacial score (nSPS) is 19.5. The maximum Gasteiger partial charge on any atom is 0.416 e. The molecule has 1 aliphatic heterocycles. The van der Waals surface area contributed by atoms with E-state index in [1.165, 1.54) is 12.1 Å². The molecule has 0 unspecified atom stereocenters. The summed E-state index contributed by atoms with van der Waals surface area (Å²) in [4.78, 5) is 0. The standard InChI is InChI=1S/C24H21F6NO/c1-21(2)11-18-17-6-5-13(9-19(17)31(32)20(18)22(3,4)12-21)14-7-15(23(25,26)27)10-16(8-14)24(28,29)30/h5-11H,12H2,1-4H3. The van der Waals surface area contributed by atoms with E-state index in [1.54, 1.807) is 6.07 Å². The van der Waals surface area contributed by atoms with Gasteiger partial charge < -0.3 is 5.21 Å². The van der Waals surface area contributed by atoms with Crippen LogP contribution in [-0.4, -0.2) is 10.5 Å². The minimum Gasteiger partial charge on any atom is -0.618 e. The third-order valence-electron chi connectivity index (χ3n) is 5.96. The van der Waals surface area contributed by atoms with Crippen LogP contribution in [0.25, 0.3) is 16.7 Å². The summed E-state index contributed by atoms with van der Waals surface area (Å²) in [6, 6.07) is 5.87. The van der Waals surface area contributed by atoms with E-state index in [2.05, 4.69) is 13.8 Å². The Morgan fingerprint density at radius 3 is 1.91 bits per heavy atom. The summed E-state index contributed by atoms with van der Waals surface area (Å²) in [6.07, 6.45) is -7.15. The third-order valence-corrected chi connectivity index (χ3v) is 5.96. The fraction of sp³-hybridized carbons (Fsp3) is 0.375. The second-order valence-corrected chi connectivity index (χ2v) is 9.78. The third kappa shape index (κ3) is 3.69. The number of halogens is 6. The molecule has 170 valence electrons. The molecule has 2 aliphatic rings. The first-order chi connectivity index (χ1) is 14.5. The number of hydrogen-bond donors (Lipinski definition) is 0. The number of alkyl halides is 6. The topological polar surface area (TPSA) is 26.1 Å². The van der Waals surface area contributed by atoms with E-state index < -0.39 is 28.9 Å². The van der Waals surface area contributed by atoms with Gasteiger partial charge in [0.05, 0.1) is 27.7 Å². The second-order valence-electron chi connectivity index (χ2n) is 9.78. The highest BCUT2D eigenvalue weighted by molar-refractivity contribution is 6.28. The van der Waals surface area contributed by atoms with Crippen molar-refractivity contribution in [2.75, 3.05) is 0 Å². The molecule has 0 spiro atoms. The van der Waals surface area contributed by atoms with E-state index in [0.717, 1.165) is 16.7 Å². The molecule has 8 heteroatoms. The first-order valence-corrected chi connectivity index (χ1v) is 10.0. The maximum absolute atomic E-state index is 13.3. The predicted molar refractivity (Wildman–Crippen MR) is 110 cm³/mol. The summed E-state index contributed by atoms with van der Waals surface area (Å²) in [5, 5.41) is 13.2. The van der Waals surface area contributed by atoms with Gasteiger partial charge in [-0.1, -0.05) is 26.0 Å². The molecule has 2 aromatic carbocycles. The van der Waals surface area contributed by atoms with Crippen LogP contribution in [-0.2, 0) is 12.4 Å². The Morgan fingerprint density at radius 1 is 0.812 bits per heavy atom. The lowest BCUT2D eigenvalue weighted by Crippen LogP contribution is -2.36. The Labute approximate surface area is 181 Å². The van der Waals surface area contributed by atoms with Gasteiger partial charge in [0.1, 0.15) is 0 Å². The van der Waals surface area contributed by atoms with Crippen molar-refractivity contribution in [2.45, 2.75) is 46.5 Å². The van der Waals surface area contributed by atoms with Gasteiger partial charge >= 0.3 is 12.4 Å². The van der Waals surface area contributed by atoms with Crippen LogP contribution in [0.5, 0.6) is 0 Å². The van der Waals surface area contributed by atoms with Crippen LogP contribution in [0.1, 0.15) is 50.8 Å². The van der Waals surface area contributed by atoms with Crippen LogP contribution in [0.3, 0.4) is 0 Å². The molecular formula is C24H21F6NO. The monoisotopic (exact) mass is 453 g/mol. The van der Waals surface area contributed by atoms with E-state index in [9.17, 15) is 31.5 Å². The fourth-order valence-electron chi connectivity index (χ4n) is 5.04. The molecule has 0 fully saturated rings. The van der Waals surface area contributed by atoms with E-state index in [1.807, 2.05) is 19.9 Å². The van der Waals surface area contributed by atoms with Gasteiger partial charge in [0.25, 0.3) is 0 Å². The van der Waals surface area contributed by atoms with Crippen LogP contribution in [0.15, 0.2) is 42.5 Å². The molecule has 0 N–H and O–H groups in total. The van der Waals surface area contributed by atoms with Crippen LogP contribution < -0.4 is 0 Å². The Kier molecular flexibility index (Phi) is 4.64. The number of benzene rings is 2. The molecule has 0 amide bonds. The summed E-state index contributed by atoms with van der Waals surface area (Å²) in [6.45, 7) is 8.02. The second kappa shape index (κ2) is 6.62. The largest absolute Gasteiger partial charge is 0.618 e. The first-order valence-electron chi connectivity index (χ1n) is 10.0. The van der Waals surface area contributed by atoms with Crippen LogP contribution in [0, 0.1) is 16.0 Å². The SMILES string of the molecule is CC1(C)C=C2C(=[N+]([O-])c3cc(-c4cc(C(F)(F)F)cc(C(F)(F)F)c4)ccc32)C(C)(C)C1. The molecule has 1 heterocycles. The van der Waals surface area contributed by atoms with Crippen molar-refractivity contribution < 1.29 is 31.1 Å². The minimum absolute atomic E-state index is 0.0938. The molecule has 0 saturated heterocycles. The minimum atomic E-state index is -4.94. The van der Waals surface area contributed by atoms with Gasteiger partial charge in [-0.25, -0.2) is 0 Å². The summed E-state index contributed by atoms with van der Waals surface area (Å²) >= 11 is 0.